The molecule has 0 unspecified atom stereocenters. The SMILES string of the molecule is CN(C)CCCOCc1ccc([S+](c2ccccc2)c2ccccc2)cc1. The van der Waals surface area contributed by atoms with E-state index < -0.39 is 0 Å². The van der Waals surface area contributed by atoms with Crippen molar-refractivity contribution < 1.29 is 4.74 Å². The molecule has 0 aromatic heterocycles. The molecule has 3 rings (SSSR count). The Morgan fingerprint density at radius 3 is 1.74 bits per heavy atom. The van der Waals surface area contributed by atoms with E-state index in [1.54, 1.807) is 0 Å². The highest BCUT2D eigenvalue weighted by Crippen LogP contribution is 2.31. The predicted molar refractivity (Wildman–Crippen MR) is 114 cm³/mol. The van der Waals surface area contributed by atoms with Gasteiger partial charge in [-0.15, -0.1) is 0 Å². The van der Waals surface area contributed by atoms with Crippen molar-refractivity contribution in [1.29, 1.82) is 0 Å². The maximum absolute atomic E-state index is 5.82. The molecule has 0 fully saturated rings. The van der Waals surface area contributed by atoms with Gasteiger partial charge in [-0.05, 0) is 69.0 Å². The van der Waals surface area contributed by atoms with Gasteiger partial charge in [0.2, 0.25) is 0 Å². The first-order valence-electron chi connectivity index (χ1n) is 9.40. The van der Waals surface area contributed by atoms with Crippen molar-refractivity contribution in [2.45, 2.75) is 27.7 Å². The molecule has 27 heavy (non-hydrogen) atoms. The summed E-state index contributed by atoms with van der Waals surface area (Å²) in [6, 6.07) is 30.4. The van der Waals surface area contributed by atoms with Crippen LogP contribution in [0.1, 0.15) is 12.0 Å². The zero-order chi connectivity index (χ0) is 18.9. The Hall–Kier alpha value is -2.07. The molecule has 0 atom stereocenters. The van der Waals surface area contributed by atoms with Crippen molar-refractivity contribution >= 4 is 10.9 Å². The smallest absolute Gasteiger partial charge is 0.166 e. The average molecular weight is 379 g/mol. The first-order valence-corrected chi connectivity index (χ1v) is 10.6. The molecule has 2 nitrogen and oxygen atoms in total. The first kappa shape index (κ1) is 19.7. The minimum Gasteiger partial charge on any atom is -0.377 e. The van der Waals surface area contributed by atoms with Crippen molar-refractivity contribution in [3.05, 3.63) is 90.5 Å². The standard InChI is InChI=1S/C24H28NOS/c1-25(2)18-9-19-26-20-21-14-16-24(17-15-21)27(22-10-5-3-6-11-22)23-12-7-4-8-13-23/h3-8,10-17H,9,18-20H2,1-2H3/q+1. The average Bonchev–Trinajstić information content (AvgIpc) is 2.70. The molecule has 0 bridgehead atoms. The molecular formula is C24H28NOS+. The van der Waals surface area contributed by atoms with E-state index in [1.807, 2.05) is 0 Å². The summed E-state index contributed by atoms with van der Waals surface area (Å²) in [7, 11) is 4.10. The van der Waals surface area contributed by atoms with Gasteiger partial charge in [0.15, 0.2) is 14.7 Å². The highest BCUT2D eigenvalue weighted by atomic mass is 32.2. The molecule has 0 aliphatic heterocycles. The third-order valence-corrected chi connectivity index (χ3v) is 6.51. The fourth-order valence-corrected chi connectivity index (χ4v) is 5.00. The summed E-state index contributed by atoms with van der Waals surface area (Å²) in [5.74, 6) is 0. The number of nitrogens with zero attached hydrogens (tertiary/aromatic N) is 1. The van der Waals surface area contributed by atoms with Gasteiger partial charge in [0.1, 0.15) is 0 Å². The van der Waals surface area contributed by atoms with E-state index >= 15 is 0 Å². The van der Waals surface area contributed by atoms with E-state index in [0.29, 0.717) is 6.61 Å². The molecule has 3 aromatic carbocycles. The van der Waals surface area contributed by atoms with E-state index in [2.05, 4.69) is 104 Å². The molecule has 0 saturated heterocycles. The molecule has 0 saturated carbocycles. The number of rotatable bonds is 9. The van der Waals surface area contributed by atoms with Gasteiger partial charge in [-0.2, -0.15) is 0 Å². The molecule has 0 spiro atoms. The van der Waals surface area contributed by atoms with Gasteiger partial charge in [-0.3, -0.25) is 0 Å². The summed E-state index contributed by atoms with van der Waals surface area (Å²) in [6.45, 7) is 2.55. The van der Waals surface area contributed by atoms with Crippen LogP contribution in [-0.4, -0.2) is 32.1 Å². The van der Waals surface area contributed by atoms with E-state index in [4.69, 9.17) is 4.74 Å². The van der Waals surface area contributed by atoms with Crippen molar-refractivity contribution in [2.24, 2.45) is 0 Å². The van der Waals surface area contributed by atoms with Crippen LogP contribution in [0.15, 0.2) is 99.6 Å². The summed E-state index contributed by atoms with van der Waals surface area (Å²) < 4.78 is 5.82. The maximum Gasteiger partial charge on any atom is 0.166 e. The molecular weight excluding hydrogens is 350 g/mol. The quantitative estimate of drug-likeness (QED) is 0.372. The fraction of sp³-hybridized carbons (Fsp3) is 0.250. The van der Waals surface area contributed by atoms with Crippen LogP contribution in [0.25, 0.3) is 0 Å². The number of hydrogen-bond donors (Lipinski definition) is 0. The lowest BCUT2D eigenvalue weighted by Gasteiger charge is -2.10. The Bertz CT molecular complexity index is 748. The Labute approximate surface area is 166 Å². The van der Waals surface area contributed by atoms with Crippen LogP contribution in [-0.2, 0) is 22.2 Å². The zero-order valence-corrected chi connectivity index (χ0v) is 17.0. The Balaban J connectivity index is 1.71. The molecule has 0 aliphatic carbocycles. The minimum atomic E-state index is -0.0833. The van der Waals surface area contributed by atoms with Crippen LogP contribution in [0.3, 0.4) is 0 Å². The lowest BCUT2D eigenvalue weighted by atomic mass is 10.2. The second-order valence-electron chi connectivity index (χ2n) is 6.79. The third kappa shape index (κ3) is 5.96. The molecule has 0 heterocycles. The summed E-state index contributed by atoms with van der Waals surface area (Å²) >= 11 is 0. The van der Waals surface area contributed by atoms with Crippen LogP contribution in [0.2, 0.25) is 0 Å². The van der Waals surface area contributed by atoms with Gasteiger partial charge < -0.3 is 9.64 Å². The molecule has 0 radical (unpaired) electrons. The van der Waals surface area contributed by atoms with Crippen molar-refractivity contribution in [2.75, 3.05) is 27.2 Å². The zero-order valence-electron chi connectivity index (χ0n) is 16.2. The van der Waals surface area contributed by atoms with Crippen LogP contribution in [0.4, 0.5) is 0 Å². The van der Waals surface area contributed by atoms with E-state index in [0.717, 1.165) is 19.6 Å². The summed E-state index contributed by atoms with van der Waals surface area (Å²) in [5, 5.41) is 0. The van der Waals surface area contributed by atoms with Gasteiger partial charge in [-0.1, -0.05) is 48.5 Å². The molecule has 140 valence electrons. The van der Waals surface area contributed by atoms with Crippen LogP contribution >= 0.6 is 0 Å². The Morgan fingerprint density at radius 2 is 1.22 bits per heavy atom. The fourth-order valence-electron chi connectivity index (χ4n) is 2.92. The summed E-state index contributed by atoms with van der Waals surface area (Å²) in [4.78, 5) is 6.21. The predicted octanol–water partition coefficient (Wildman–Crippen LogP) is 5.25. The van der Waals surface area contributed by atoms with Crippen LogP contribution in [0.5, 0.6) is 0 Å². The highest BCUT2D eigenvalue weighted by molar-refractivity contribution is 7.97. The molecule has 3 aromatic rings. The Morgan fingerprint density at radius 1 is 0.704 bits per heavy atom. The molecule has 3 heteroatoms. The second-order valence-corrected chi connectivity index (χ2v) is 8.81. The van der Waals surface area contributed by atoms with Gasteiger partial charge in [0, 0.05) is 6.61 Å². The number of ether oxygens (including phenoxy) is 1. The Kier molecular flexibility index (Phi) is 7.52. The van der Waals surface area contributed by atoms with E-state index in [9.17, 15) is 0 Å². The summed E-state index contributed by atoms with van der Waals surface area (Å²) in [6.07, 6.45) is 1.07. The van der Waals surface area contributed by atoms with Gasteiger partial charge >= 0.3 is 0 Å². The minimum absolute atomic E-state index is 0.0833. The van der Waals surface area contributed by atoms with Crippen LogP contribution < -0.4 is 0 Å². The van der Waals surface area contributed by atoms with E-state index in [1.165, 1.54) is 20.2 Å². The second kappa shape index (κ2) is 10.3. The van der Waals surface area contributed by atoms with Crippen molar-refractivity contribution in [3.8, 4) is 0 Å². The largest absolute Gasteiger partial charge is 0.377 e. The van der Waals surface area contributed by atoms with Gasteiger partial charge in [0.05, 0.1) is 17.5 Å². The van der Waals surface area contributed by atoms with Gasteiger partial charge in [-0.25, -0.2) is 0 Å². The lowest BCUT2D eigenvalue weighted by molar-refractivity contribution is 0.113. The third-order valence-electron chi connectivity index (χ3n) is 4.28. The van der Waals surface area contributed by atoms with Crippen molar-refractivity contribution in [1.82, 2.24) is 4.90 Å². The monoisotopic (exact) mass is 378 g/mol. The molecule has 0 N–H and O–H groups in total. The first-order chi connectivity index (χ1) is 13.2. The van der Waals surface area contributed by atoms with Gasteiger partial charge in [0.25, 0.3) is 0 Å². The highest BCUT2D eigenvalue weighted by Gasteiger charge is 2.27. The number of hydrogen-bond acceptors (Lipinski definition) is 2. The maximum atomic E-state index is 5.82. The lowest BCUT2D eigenvalue weighted by Crippen LogP contribution is -2.14. The van der Waals surface area contributed by atoms with E-state index in [-0.39, 0.29) is 10.9 Å². The van der Waals surface area contributed by atoms with Crippen LogP contribution in [0, 0.1) is 0 Å². The molecule has 0 amide bonds. The summed E-state index contributed by atoms with van der Waals surface area (Å²) in [5.41, 5.74) is 1.23. The normalized spacial score (nSPS) is 11.3. The molecule has 0 aliphatic rings. The van der Waals surface area contributed by atoms with Crippen molar-refractivity contribution in [3.63, 3.8) is 0 Å². The topological polar surface area (TPSA) is 12.5 Å². The number of benzene rings is 3.